The molecule has 154 valence electrons. The van der Waals surface area contributed by atoms with E-state index in [0.29, 0.717) is 42.8 Å². The van der Waals surface area contributed by atoms with Crippen molar-refractivity contribution in [1.82, 2.24) is 19.7 Å². The van der Waals surface area contributed by atoms with Crippen molar-refractivity contribution in [1.29, 1.82) is 0 Å². The summed E-state index contributed by atoms with van der Waals surface area (Å²) in [4.78, 5) is 24.8. The summed E-state index contributed by atoms with van der Waals surface area (Å²) in [5.41, 5.74) is 1.55. The molecule has 30 heavy (non-hydrogen) atoms. The number of nitro groups is 1. The molecule has 10 heteroatoms. The Morgan fingerprint density at radius 1 is 1.07 bits per heavy atom. The van der Waals surface area contributed by atoms with Crippen LogP contribution in [0.3, 0.4) is 0 Å². The van der Waals surface area contributed by atoms with Gasteiger partial charge in [0.25, 0.3) is 5.69 Å². The topological polar surface area (TPSA) is 103 Å². The molecule has 0 atom stereocenters. The van der Waals surface area contributed by atoms with E-state index >= 15 is 0 Å². The van der Waals surface area contributed by atoms with Gasteiger partial charge in [-0.1, -0.05) is 30.0 Å². The van der Waals surface area contributed by atoms with E-state index in [1.54, 1.807) is 17.0 Å². The second-order valence-electron chi connectivity index (χ2n) is 6.56. The van der Waals surface area contributed by atoms with Gasteiger partial charge in [0, 0.05) is 36.5 Å². The highest BCUT2D eigenvalue weighted by atomic mass is 32.2. The molecule has 0 N–H and O–H groups in total. The summed E-state index contributed by atoms with van der Waals surface area (Å²) in [7, 11) is 0. The number of thioether (sulfide) groups is 1. The maximum absolute atomic E-state index is 12.5. The van der Waals surface area contributed by atoms with Crippen LogP contribution in [0.1, 0.15) is 0 Å². The number of carbonyl (C=O) groups is 1. The number of aromatic nitrogens is 3. The highest BCUT2D eigenvalue weighted by Crippen LogP contribution is 2.29. The number of benzene rings is 2. The van der Waals surface area contributed by atoms with Crippen molar-refractivity contribution < 1.29 is 14.5 Å². The molecule has 0 bridgehead atoms. The zero-order chi connectivity index (χ0) is 20.9. The quantitative estimate of drug-likeness (QED) is 0.340. The lowest BCUT2D eigenvalue weighted by molar-refractivity contribution is -0.384. The maximum Gasteiger partial charge on any atom is 0.269 e. The molecule has 0 saturated carbocycles. The molecule has 2 heterocycles. The summed E-state index contributed by atoms with van der Waals surface area (Å²) >= 11 is 1.32. The van der Waals surface area contributed by atoms with Crippen LogP contribution in [0.5, 0.6) is 0 Å². The molecule has 0 radical (unpaired) electrons. The summed E-state index contributed by atoms with van der Waals surface area (Å²) in [6.07, 6.45) is 0. The predicted molar refractivity (Wildman–Crippen MR) is 112 cm³/mol. The first-order chi connectivity index (χ1) is 14.6. The minimum atomic E-state index is -0.440. The highest BCUT2D eigenvalue weighted by molar-refractivity contribution is 7.99. The van der Waals surface area contributed by atoms with Gasteiger partial charge in [0.05, 0.1) is 23.9 Å². The van der Waals surface area contributed by atoms with E-state index in [4.69, 9.17) is 4.74 Å². The number of ether oxygens (including phenoxy) is 1. The summed E-state index contributed by atoms with van der Waals surface area (Å²) in [5, 5.41) is 20.1. The first-order valence-electron chi connectivity index (χ1n) is 9.37. The number of nitrogens with zero attached hydrogens (tertiary/aromatic N) is 5. The molecule has 1 aliphatic heterocycles. The van der Waals surface area contributed by atoms with Crippen molar-refractivity contribution in [3.05, 3.63) is 64.7 Å². The standard InChI is InChI=1S/C20H19N5O4S/c26-18(23-10-12-29-13-11-23)14-30-20-22-21-19(24(20)16-4-2-1-3-5-16)15-6-8-17(9-7-15)25(27)28/h1-9H,10-14H2. The van der Waals surface area contributed by atoms with Crippen LogP contribution < -0.4 is 0 Å². The van der Waals surface area contributed by atoms with Gasteiger partial charge in [-0.2, -0.15) is 0 Å². The van der Waals surface area contributed by atoms with E-state index in [2.05, 4.69) is 10.2 Å². The molecule has 1 aromatic heterocycles. The van der Waals surface area contributed by atoms with Gasteiger partial charge >= 0.3 is 0 Å². The fraction of sp³-hybridized carbons (Fsp3) is 0.250. The van der Waals surface area contributed by atoms with Crippen molar-refractivity contribution in [3.63, 3.8) is 0 Å². The third-order valence-electron chi connectivity index (χ3n) is 4.67. The molecule has 0 aliphatic carbocycles. The summed E-state index contributed by atoms with van der Waals surface area (Å²) < 4.78 is 7.16. The normalized spacial score (nSPS) is 13.9. The zero-order valence-electron chi connectivity index (χ0n) is 16.0. The third-order valence-corrected chi connectivity index (χ3v) is 5.59. The fourth-order valence-electron chi connectivity index (χ4n) is 3.12. The van der Waals surface area contributed by atoms with Crippen LogP contribution in [0.15, 0.2) is 59.8 Å². The average molecular weight is 425 g/mol. The van der Waals surface area contributed by atoms with Gasteiger partial charge in [-0.15, -0.1) is 10.2 Å². The Morgan fingerprint density at radius 3 is 2.43 bits per heavy atom. The van der Waals surface area contributed by atoms with Crippen molar-refractivity contribution in [3.8, 4) is 17.1 Å². The number of hydrogen-bond acceptors (Lipinski definition) is 7. The highest BCUT2D eigenvalue weighted by Gasteiger charge is 2.21. The largest absolute Gasteiger partial charge is 0.378 e. The SMILES string of the molecule is O=C(CSc1nnc(-c2ccc([N+](=O)[O-])cc2)n1-c1ccccc1)N1CCOCC1. The molecule has 1 aliphatic rings. The Balaban J connectivity index is 1.62. The number of rotatable bonds is 6. The number of nitro benzene ring substituents is 1. The van der Waals surface area contributed by atoms with Crippen molar-refractivity contribution in [2.75, 3.05) is 32.1 Å². The number of amides is 1. The van der Waals surface area contributed by atoms with E-state index in [1.807, 2.05) is 34.9 Å². The van der Waals surface area contributed by atoms with Gasteiger partial charge < -0.3 is 9.64 Å². The van der Waals surface area contributed by atoms with Crippen LogP contribution >= 0.6 is 11.8 Å². The van der Waals surface area contributed by atoms with Crippen LogP contribution in [0.4, 0.5) is 5.69 Å². The van der Waals surface area contributed by atoms with Gasteiger partial charge in [-0.25, -0.2) is 0 Å². The lowest BCUT2D eigenvalue weighted by Crippen LogP contribution is -2.41. The zero-order valence-corrected chi connectivity index (χ0v) is 16.8. The molecule has 3 aromatic rings. The molecular formula is C20H19N5O4S. The van der Waals surface area contributed by atoms with Gasteiger partial charge in [0.2, 0.25) is 5.91 Å². The Labute approximate surface area is 176 Å². The van der Waals surface area contributed by atoms with E-state index in [-0.39, 0.29) is 17.3 Å². The number of non-ortho nitro benzene ring substituents is 1. The van der Waals surface area contributed by atoms with E-state index in [0.717, 1.165) is 5.69 Å². The van der Waals surface area contributed by atoms with Gasteiger partial charge in [-0.3, -0.25) is 19.5 Å². The number of carbonyl (C=O) groups excluding carboxylic acids is 1. The molecule has 9 nitrogen and oxygen atoms in total. The second kappa shape index (κ2) is 9.06. The third kappa shape index (κ3) is 4.34. The minimum Gasteiger partial charge on any atom is -0.378 e. The molecule has 0 unspecified atom stereocenters. The van der Waals surface area contributed by atoms with E-state index in [9.17, 15) is 14.9 Å². The van der Waals surface area contributed by atoms with Crippen molar-refractivity contribution in [2.24, 2.45) is 0 Å². The first-order valence-corrected chi connectivity index (χ1v) is 10.4. The van der Waals surface area contributed by atoms with Crippen LogP contribution in [0, 0.1) is 10.1 Å². The average Bonchev–Trinajstić information content (AvgIpc) is 3.22. The minimum absolute atomic E-state index is 0.00947. The van der Waals surface area contributed by atoms with Crippen LogP contribution in [0.25, 0.3) is 17.1 Å². The number of morpholine rings is 1. The Hall–Kier alpha value is -3.24. The molecule has 4 rings (SSSR count). The van der Waals surface area contributed by atoms with Gasteiger partial charge in [-0.05, 0) is 24.3 Å². The summed E-state index contributed by atoms with van der Waals surface area (Å²) in [6, 6.07) is 15.7. The fourth-order valence-corrected chi connectivity index (χ4v) is 3.98. The number of para-hydroxylation sites is 1. The molecule has 1 fully saturated rings. The monoisotopic (exact) mass is 425 g/mol. The van der Waals surface area contributed by atoms with Crippen LogP contribution in [-0.2, 0) is 9.53 Å². The van der Waals surface area contributed by atoms with Crippen LogP contribution in [0.2, 0.25) is 0 Å². The van der Waals surface area contributed by atoms with Crippen molar-refractivity contribution >= 4 is 23.4 Å². The second-order valence-corrected chi connectivity index (χ2v) is 7.51. The Bertz CT molecular complexity index is 1030. The Morgan fingerprint density at radius 2 is 1.77 bits per heavy atom. The van der Waals surface area contributed by atoms with Gasteiger partial charge in [0.1, 0.15) is 0 Å². The first kappa shape index (κ1) is 20.0. The van der Waals surface area contributed by atoms with Gasteiger partial charge in [0.15, 0.2) is 11.0 Å². The molecule has 0 spiro atoms. The molecule has 1 amide bonds. The number of hydrogen-bond donors (Lipinski definition) is 0. The molecule has 1 saturated heterocycles. The summed E-state index contributed by atoms with van der Waals surface area (Å²) in [5.74, 6) is 0.825. The maximum atomic E-state index is 12.5. The predicted octanol–water partition coefficient (Wildman–Crippen LogP) is 2.79. The summed E-state index contributed by atoms with van der Waals surface area (Å²) in [6.45, 7) is 2.30. The lowest BCUT2D eigenvalue weighted by atomic mass is 10.2. The Kier molecular flexibility index (Phi) is 6.05. The van der Waals surface area contributed by atoms with Crippen molar-refractivity contribution in [2.45, 2.75) is 5.16 Å². The smallest absolute Gasteiger partial charge is 0.269 e. The van der Waals surface area contributed by atoms with E-state index < -0.39 is 4.92 Å². The van der Waals surface area contributed by atoms with Crippen LogP contribution in [-0.4, -0.2) is 62.6 Å². The molecule has 2 aromatic carbocycles. The van der Waals surface area contributed by atoms with E-state index in [1.165, 1.54) is 23.9 Å². The lowest BCUT2D eigenvalue weighted by Gasteiger charge is -2.26. The molecular weight excluding hydrogens is 406 g/mol.